The van der Waals surface area contributed by atoms with Gasteiger partial charge in [0.15, 0.2) is 0 Å². The van der Waals surface area contributed by atoms with Crippen molar-refractivity contribution in [3.8, 4) is 0 Å². The van der Waals surface area contributed by atoms with Gasteiger partial charge in [-0.3, -0.25) is 14.5 Å². The number of hydrogen-bond donors (Lipinski definition) is 2. The fraction of sp³-hybridized carbons (Fsp3) is 0.857. The molecule has 0 unspecified atom stereocenters. The van der Waals surface area contributed by atoms with Gasteiger partial charge in [0.25, 0.3) is 5.91 Å². The molecule has 1 spiro atoms. The average Bonchev–Trinajstić information content (AvgIpc) is 2.89. The van der Waals surface area contributed by atoms with Crippen molar-refractivity contribution in [3.05, 3.63) is 0 Å². The Hall–Kier alpha value is -1.63. The molecule has 0 radical (unpaired) electrons. The second-order valence-electron chi connectivity index (χ2n) is 8.71. The summed E-state index contributed by atoms with van der Waals surface area (Å²) in [6, 6.07) is -0.417. The summed E-state index contributed by atoms with van der Waals surface area (Å²) in [5.74, 6) is 0.169. The molecule has 2 aliphatic heterocycles. The minimum Gasteiger partial charge on any atom is -0.354 e. The van der Waals surface area contributed by atoms with Gasteiger partial charge in [-0.25, -0.2) is 4.79 Å². The van der Waals surface area contributed by atoms with Crippen molar-refractivity contribution in [2.75, 3.05) is 32.7 Å². The van der Waals surface area contributed by atoms with Crippen LogP contribution in [0.3, 0.4) is 0 Å². The third kappa shape index (κ3) is 5.04. The van der Waals surface area contributed by atoms with Gasteiger partial charge in [-0.15, -0.1) is 0 Å². The fourth-order valence-electron chi connectivity index (χ4n) is 4.83. The SMILES string of the molecule is CCC1CCC2(CC1)NC(=O)N(CC(=O)NCCCN1CCCCCC1)C2=O. The lowest BCUT2D eigenvalue weighted by molar-refractivity contribution is -0.136. The van der Waals surface area contributed by atoms with Gasteiger partial charge in [0, 0.05) is 6.54 Å². The third-order valence-corrected chi connectivity index (χ3v) is 6.76. The smallest absolute Gasteiger partial charge is 0.325 e. The Morgan fingerprint density at radius 1 is 1.14 bits per heavy atom. The van der Waals surface area contributed by atoms with E-state index in [1.54, 1.807) is 0 Å². The van der Waals surface area contributed by atoms with Crippen molar-refractivity contribution in [2.45, 2.75) is 76.7 Å². The molecule has 3 rings (SSSR count). The van der Waals surface area contributed by atoms with Crippen LogP contribution in [0.25, 0.3) is 0 Å². The fourth-order valence-corrected chi connectivity index (χ4v) is 4.83. The molecule has 1 saturated carbocycles. The highest BCUT2D eigenvalue weighted by Gasteiger charge is 2.52. The first kappa shape index (κ1) is 21.1. The van der Waals surface area contributed by atoms with Crippen molar-refractivity contribution in [1.29, 1.82) is 0 Å². The predicted molar refractivity (Wildman–Crippen MR) is 108 cm³/mol. The van der Waals surface area contributed by atoms with E-state index in [1.807, 2.05) is 0 Å². The van der Waals surface area contributed by atoms with E-state index in [0.29, 0.717) is 25.3 Å². The van der Waals surface area contributed by atoms with E-state index in [9.17, 15) is 14.4 Å². The van der Waals surface area contributed by atoms with Crippen molar-refractivity contribution in [2.24, 2.45) is 5.92 Å². The maximum atomic E-state index is 12.8. The number of urea groups is 1. The van der Waals surface area contributed by atoms with E-state index in [-0.39, 0.29) is 18.4 Å². The first-order valence-electron chi connectivity index (χ1n) is 11.2. The van der Waals surface area contributed by atoms with Crippen molar-refractivity contribution in [1.82, 2.24) is 20.4 Å². The van der Waals surface area contributed by atoms with Crippen molar-refractivity contribution < 1.29 is 14.4 Å². The zero-order valence-corrected chi connectivity index (χ0v) is 17.3. The molecule has 4 amide bonds. The highest BCUT2D eigenvalue weighted by atomic mass is 16.2. The van der Waals surface area contributed by atoms with Gasteiger partial charge in [-0.05, 0) is 70.5 Å². The predicted octanol–water partition coefficient (Wildman–Crippen LogP) is 2.26. The van der Waals surface area contributed by atoms with E-state index >= 15 is 0 Å². The molecular formula is C21H36N4O3. The molecule has 1 aliphatic carbocycles. The maximum absolute atomic E-state index is 12.8. The van der Waals surface area contributed by atoms with Crippen LogP contribution in [0.5, 0.6) is 0 Å². The Morgan fingerprint density at radius 2 is 1.82 bits per heavy atom. The molecule has 7 heteroatoms. The van der Waals surface area contributed by atoms with Crippen LogP contribution in [-0.2, 0) is 9.59 Å². The Bertz CT molecular complexity index is 564. The number of nitrogens with one attached hydrogen (secondary N) is 2. The number of amides is 4. The number of imide groups is 1. The van der Waals surface area contributed by atoms with Gasteiger partial charge in [-0.1, -0.05) is 26.2 Å². The van der Waals surface area contributed by atoms with E-state index < -0.39 is 11.6 Å². The molecule has 0 aromatic carbocycles. The van der Waals surface area contributed by atoms with Crippen LogP contribution in [-0.4, -0.2) is 65.9 Å². The zero-order chi connectivity index (χ0) is 20.0. The molecule has 3 fully saturated rings. The van der Waals surface area contributed by atoms with E-state index in [4.69, 9.17) is 0 Å². The molecule has 2 saturated heterocycles. The highest BCUT2D eigenvalue weighted by Crippen LogP contribution is 2.37. The van der Waals surface area contributed by atoms with E-state index in [1.165, 1.54) is 25.7 Å². The minimum absolute atomic E-state index is 0.173. The number of likely N-dealkylation sites (tertiary alicyclic amines) is 1. The Balaban J connectivity index is 1.40. The van der Waals surface area contributed by atoms with Crippen LogP contribution in [0.1, 0.15) is 71.1 Å². The molecule has 3 aliphatic rings. The number of hydrogen-bond acceptors (Lipinski definition) is 4. The molecule has 0 atom stereocenters. The monoisotopic (exact) mass is 392 g/mol. The molecule has 7 nitrogen and oxygen atoms in total. The Labute approximate surface area is 168 Å². The molecule has 0 bridgehead atoms. The zero-order valence-electron chi connectivity index (χ0n) is 17.3. The van der Waals surface area contributed by atoms with Crippen molar-refractivity contribution >= 4 is 17.8 Å². The topological polar surface area (TPSA) is 81.8 Å². The van der Waals surface area contributed by atoms with Crippen molar-refractivity contribution in [3.63, 3.8) is 0 Å². The molecular weight excluding hydrogens is 356 g/mol. The lowest BCUT2D eigenvalue weighted by atomic mass is 9.75. The maximum Gasteiger partial charge on any atom is 0.325 e. The van der Waals surface area contributed by atoms with E-state index in [2.05, 4.69) is 22.5 Å². The Morgan fingerprint density at radius 3 is 2.46 bits per heavy atom. The van der Waals surface area contributed by atoms with Crippen LogP contribution in [0.15, 0.2) is 0 Å². The molecule has 0 aromatic rings. The summed E-state index contributed by atoms with van der Waals surface area (Å²) in [7, 11) is 0. The summed E-state index contributed by atoms with van der Waals surface area (Å²) in [5, 5.41) is 5.76. The summed E-state index contributed by atoms with van der Waals surface area (Å²) in [6.07, 6.45) is 10.5. The number of nitrogens with zero attached hydrogens (tertiary/aromatic N) is 2. The first-order chi connectivity index (χ1) is 13.5. The first-order valence-corrected chi connectivity index (χ1v) is 11.2. The number of carbonyl (C=O) groups excluding carboxylic acids is 3. The summed E-state index contributed by atoms with van der Waals surface area (Å²) in [4.78, 5) is 41.0. The molecule has 158 valence electrons. The van der Waals surface area contributed by atoms with Crippen LogP contribution < -0.4 is 10.6 Å². The van der Waals surface area contributed by atoms with Gasteiger partial charge >= 0.3 is 6.03 Å². The molecule has 2 heterocycles. The summed E-state index contributed by atoms with van der Waals surface area (Å²) in [6.45, 7) is 5.87. The van der Waals surface area contributed by atoms with Crippen LogP contribution in [0, 0.1) is 5.92 Å². The normalized spacial score (nSPS) is 29.0. The summed E-state index contributed by atoms with van der Waals surface area (Å²) in [5.41, 5.74) is -0.768. The van der Waals surface area contributed by atoms with Crippen LogP contribution in [0.2, 0.25) is 0 Å². The van der Waals surface area contributed by atoms with Gasteiger partial charge in [0.2, 0.25) is 5.91 Å². The molecule has 28 heavy (non-hydrogen) atoms. The van der Waals surface area contributed by atoms with Gasteiger partial charge in [0.1, 0.15) is 12.1 Å². The Kier molecular flexibility index (Phi) is 7.32. The largest absolute Gasteiger partial charge is 0.354 e. The highest BCUT2D eigenvalue weighted by molar-refractivity contribution is 6.09. The lowest BCUT2D eigenvalue weighted by Gasteiger charge is -2.34. The molecule has 0 aromatic heterocycles. The third-order valence-electron chi connectivity index (χ3n) is 6.76. The van der Waals surface area contributed by atoms with Gasteiger partial charge in [-0.2, -0.15) is 0 Å². The standard InChI is InChI=1S/C21H36N4O3/c1-2-17-8-10-21(11-9-17)19(27)25(20(28)23-21)16-18(26)22-12-7-15-24-13-5-3-4-6-14-24/h17H,2-16H2,1H3,(H,22,26)(H,23,28). The lowest BCUT2D eigenvalue weighted by Crippen LogP contribution is -2.50. The van der Waals surface area contributed by atoms with Crippen LogP contribution >= 0.6 is 0 Å². The number of rotatable bonds is 7. The minimum atomic E-state index is -0.768. The van der Waals surface area contributed by atoms with Gasteiger partial charge < -0.3 is 15.5 Å². The second-order valence-corrected chi connectivity index (χ2v) is 8.71. The second kappa shape index (κ2) is 9.72. The van der Waals surface area contributed by atoms with E-state index in [0.717, 1.165) is 50.2 Å². The quantitative estimate of drug-likeness (QED) is 0.514. The molecule has 2 N–H and O–H groups in total. The number of carbonyl (C=O) groups is 3. The van der Waals surface area contributed by atoms with Gasteiger partial charge in [0.05, 0.1) is 0 Å². The summed E-state index contributed by atoms with van der Waals surface area (Å²) < 4.78 is 0. The van der Waals surface area contributed by atoms with Crippen LogP contribution in [0.4, 0.5) is 4.79 Å². The summed E-state index contributed by atoms with van der Waals surface area (Å²) >= 11 is 0. The average molecular weight is 393 g/mol.